The molecule has 10 bridgehead atoms. The van der Waals surface area contributed by atoms with Crippen molar-refractivity contribution in [2.75, 3.05) is 0 Å². The van der Waals surface area contributed by atoms with Gasteiger partial charge >= 0.3 is 0 Å². The van der Waals surface area contributed by atoms with Crippen LogP contribution in [0.25, 0.3) is 45.4 Å². The Labute approximate surface area is 292 Å². The van der Waals surface area contributed by atoms with Crippen molar-refractivity contribution in [1.29, 1.82) is 0 Å². The number of nitrogens with zero attached hydrogens (tertiary/aromatic N) is 2. The molecule has 1 saturated carbocycles. The maximum absolute atomic E-state index is 13.5. The summed E-state index contributed by atoms with van der Waals surface area (Å²) in [7, 11) is 0. The summed E-state index contributed by atoms with van der Waals surface area (Å²) < 4.78 is 0. The molecule has 10 nitrogen and oxygen atoms in total. The SMILES string of the molecule is CC(C)/C=C\C(C(=O)C=O)c1cc2cc3nc(cc4nc(cc5cc(C6C=CC(C)C(=O)C6=O)c(cc1[nH]2)[nH]5)C1=C4C2CCC1C(=O)C2=O)C=C3. The van der Waals surface area contributed by atoms with Crippen molar-refractivity contribution in [2.24, 2.45) is 23.7 Å². The lowest BCUT2D eigenvalue weighted by molar-refractivity contribution is -0.141. The smallest absolute Gasteiger partial charge is 0.210 e. The van der Waals surface area contributed by atoms with Gasteiger partial charge in [0.25, 0.3) is 0 Å². The molecule has 10 heteroatoms. The molecule has 3 aromatic heterocycles. The predicted octanol–water partition coefficient (Wildman–Crippen LogP) is 6.07. The minimum absolute atomic E-state index is 0.124. The van der Waals surface area contributed by atoms with Gasteiger partial charge in [-0.3, -0.25) is 28.8 Å². The second kappa shape index (κ2) is 12.2. The van der Waals surface area contributed by atoms with E-state index < -0.39 is 52.7 Å². The number of aromatic amines is 2. The maximum atomic E-state index is 13.5. The van der Waals surface area contributed by atoms with Crippen LogP contribution in [0.5, 0.6) is 0 Å². The van der Waals surface area contributed by atoms with Crippen LogP contribution < -0.4 is 0 Å². The average molecular weight is 679 g/mol. The Morgan fingerprint density at radius 3 is 2.08 bits per heavy atom. The number of ketones is 5. The number of hydrogen-bond donors (Lipinski definition) is 2. The third kappa shape index (κ3) is 5.42. The molecule has 5 atom stereocenters. The quantitative estimate of drug-likeness (QED) is 0.141. The van der Waals surface area contributed by atoms with Crippen LogP contribution in [0.2, 0.25) is 0 Å². The van der Waals surface area contributed by atoms with Gasteiger partial charge in [0.2, 0.25) is 28.9 Å². The highest BCUT2D eigenvalue weighted by Crippen LogP contribution is 2.51. The van der Waals surface area contributed by atoms with E-state index in [2.05, 4.69) is 9.97 Å². The lowest BCUT2D eigenvalue weighted by atomic mass is 9.65. The molecule has 51 heavy (non-hydrogen) atoms. The number of rotatable bonds is 6. The number of aldehydes is 1. The molecule has 0 saturated heterocycles. The van der Waals surface area contributed by atoms with Crippen LogP contribution in [0.1, 0.15) is 79.4 Å². The second-order valence-electron chi connectivity index (χ2n) is 14.2. The summed E-state index contributed by atoms with van der Waals surface area (Å²) in [5, 5.41) is 0. The fraction of sp³-hybridized carbons (Fsp3) is 0.268. The van der Waals surface area contributed by atoms with E-state index in [0.29, 0.717) is 75.1 Å². The van der Waals surface area contributed by atoms with Gasteiger partial charge < -0.3 is 9.97 Å². The van der Waals surface area contributed by atoms with E-state index in [1.165, 1.54) is 0 Å². The van der Waals surface area contributed by atoms with Crippen LogP contribution in [0, 0.1) is 23.7 Å². The van der Waals surface area contributed by atoms with Gasteiger partial charge in [-0.2, -0.15) is 0 Å². The van der Waals surface area contributed by atoms with Crippen LogP contribution in [-0.2, 0) is 28.8 Å². The molecule has 5 unspecified atom stereocenters. The number of hydrogen-bond acceptors (Lipinski definition) is 8. The molecule has 9 rings (SSSR count). The summed E-state index contributed by atoms with van der Waals surface area (Å²) in [4.78, 5) is 94.2. The van der Waals surface area contributed by atoms with Crippen LogP contribution in [0.4, 0.5) is 0 Å². The van der Waals surface area contributed by atoms with Gasteiger partial charge in [-0.25, -0.2) is 9.97 Å². The molecule has 3 aromatic rings. The molecule has 0 radical (unpaired) electrons. The molecule has 2 aliphatic heterocycles. The van der Waals surface area contributed by atoms with E-state index in [9.17, 15) is 28.8 Å². The van der Waals surface area contributed by atoms with E-state index in [0.717, 1.165) is 11.1 Å². The highest BCUT2D eigenvalue weighted by atomic mass is 16.2. The summed E-state index contributed by atoms with van der Waals surface area (Å²) >= 11 is 0. The predicted molar refractivity (Wildman–Crippen MR) is 192 cm³/mol. The number of nitrogens with one attached hydrogen (secondary N) is 2. The van der Waals surface area contributed by atoms with Gasteiger partial charge in [0, 0.05) is 28.0 Å². The largest absolute Gasteiger partial charge is 0.355 e. The van der Waals surface area contributed by atoms with Crippen molar-refractivity contribution >= 4 is 80.6 Å². The molecular formula is C41H34N4O6. The Morgan fingerprint density at radius 2 is 1.39 bits per heavy atom. The van der Waals surface area contributed by atoms with Crippen LogP contribution >= 0.6 is 0 Å². The van der Waals surface area contributed by atoms with Gasteiger partial charge in [0.1, 0.15) is 0 Å². The van der Waals surface area contributed by atoms with Crippen molar-refractivity contribution in [1.82, 2.24) is 19.9 Å². The normalized spacial score (nSPS) is 23.1. The number of aromatic nitrogens is 4. The number of fused-ring (bicyclic) bond motifs is 10. The Balaban J connectivity index is 1.46. The van der Waals surface area contributed by atoms with E-state index >= 15 is 0 Å². The molecule has 254 valence electrons. The molecular weight excluding hydrogens is 644 g/mol. The second-order valence-corrected chi connectivity index (χ2v) is 14.2. The van der Waals surface area contributed by atoms with Gasteiger partial charge in [-0.1, -0.05) is 45.1 Å². The number of carbonyl (C=O) groups excluding carboxylic acids is 6. The molecule has 6 aliphatic rings. The summed E-state index contributed by atoms with van der Waals surface area (Å²) in [5.74, 6) is -5.73. The number of allylic oxidation sites excluding steroid dienone is 6. The molecule has 1 fully saturated rings. The van der Waals surface area contributed by atoms with Crippen molar-refractivity contribution < 1.29 is 28.8 Å². The summed E-state index contributed by atoms with van der Waals surface area (Å²) in [6.07, 6.45) is 12.2. The third-order valence-electron chi connectivity index (χ3n) is 10.4. The van der Waals surface area contributed by atoms with Gasteiger partial charge in [0.15, 0.2) is 6.29 Å². The van der Waals surface area contributed by atoms with E-state index in [4.69, 9.17) is 9.97 Å². The first-order valence-corrected chi connectivity index (χ1v) is 17.2. The highest BCUT2D eigenvalue weighted by molar-refractivity contribution is 6.46. The minimum atomic E-state index is -0.884. The van der Waals surface area contributed by atoms with E-state index in [-0.39, 0.29) is 11.7 Å². The first-order valence-electron chi connectivity index (χ1n) is 17.2. The Hall–Kier alpha value is -5.90. The Bertz CT molecular complexity index is 2420. The van der Waals surface area contributed by atoms with E-state index in [1.54, 1.807) is 37.3 Å². The first-order chi connectivity index (χ1) is 24.5. The number of carbonyl (C=O) groups is 6. The van der Waals surface area contributed by atoms with Crippen LogP contribution in [0.15, 0.2) is 60.7 Å². The zero-order valence-corrected chi connectivity index (χ0v) is 28.2. The zero-order chi connectivity index (χ0) is 35.7. The monoisotopic (exact) mass is 678 g/mol. The molecule has 5 heterocycles. The molecule has 0 amide bonds. The van der Waals surface area contributed by atoms with Crippen LogP contribution in [0.3, 0.4) is 0 Å². The third-order valence-corrected chi connectivity index (χ3v) is 10.4. The maximum Gasteiger partial charge on any atom is 0.210 e. The zero-order valence-electron chi connectivity index (χ0n) is 28.2. The Kier molecular flexibility index (Phi) is 7.70. The lowest BCUT2D eigenvalue weighted by Crippen LogP contribution is -2.41. The van der Waals surface area contributed by atoms with E-state index in [1.807, 2.05) is 56.3 Å². The fourth-order valence-electron chi connectivity index (χ4n) is 7.88. The highest BCUT2D eigenvalue weighted by Gasteiger charge is 2.50. The molecule has 0 aromatic carbocycles. The van der Waals surface area contributed by atoms with Gasteiger partial charge in [-0.05, 0) is 89.6 Å². The summed E-state index contributed by atoms with van der Waals surface area (Å²) in [6, 6.07) is 10.9. The van der Waals surface area contributed by atoms with Crippen LogP contribution in [-0.4, -0.2) is 55.1 Å². The van der Waals surface area contributed by atoms with Gasteiger partial charge in [-0.15, -0.1) is 0 Å². The number of Topliss-reactive ketones (excluding diaryl/α,β-unsaturated/α-hetero) is 5. The van der Waals surface area contributed by atoms with Crippen molar-refractivity contribution in [3.05, 3.63) is 94.6 Å². The lowest BCUT2D eigenvalue weighted by Gasteiger charge is -2.34. The summed E-state index contributed by atoms with van der Waals surface area (Å²) in [5.41, 5.74) is 7.20. The molecule has 0 spiro atoms. The topological polar surface area (TPSA) is 160 Å². The van der Waals surface area contributed by atoms with Gasteiger partial charge in [0.05, 0.1) is 46.4 Å². The van der Waals surface area contributed by atoms with Crippen molar-refractivity contribution in [3.8, 4) is 0 Å². The molecule has 4 aliphatic carbocycles. The Morgan fingerprint density at radius 1 is 0.745 bits per heavy atom. The minimum Gasteiger partial charge on any atom is -0.355 e. The van der Waals surface area contributed by atoms with Crippen molar-refractivity contribution in [2.45, 2.75) is 45.4 Å². The standard InChI is InChI=1S/C41H34N4O6/c1-19(2)4-8-25(35(47)18-46)29-13-23-12-21-6-7-22(42-21)15-33-36-27-10-11-28(41(51)40(27)50)37(36)34(45-33)16-24-14-30(32(44-24)17-31(29)43-23)26-9-5-20(3)38(48)39(26)49/h4-9,12-20,25-28,43-44H,10-11H2,1-3H3/b8-4-,21-12?,22-15?,23-12?,24-16?,31-17?,32-17?,33-15?,34-16?. The first kappa shape index (κ1) is 32.3. The average Bonchev–Trinajstić information content (AvgIpc) is 3.89. The van der Waals surface area contributed by atoms with Crippen molar-refractivity contribution in [3.63, 3.8) is 0 Å². The molecule has 2 N–H and O–H groups in total. The fourth-order valence-corrected chi connectivity index (χ4v) is 7.88. The summed E-state index contributed by atoms with van der Waals surface area (Å²) in [6.45, 7) is 5.64. The number of H-pyrrole nitrogens is 2.